The van der Waals surface area contributed by atoms with Crippen LogP contribution in [-0.4, -0.2) is 71.2 Å². The highest BCUT2D eigenvalue weighted by Gasteiger charge is 2.37. The predicted molar refractivity (Wildman–Crippen MR) is 169 cm³/mol. The molecule has 1 N–H and O–H groups in total. The molecule has 2 atom stereocenters. The average molecular weight is 595 g/mol. The van der Waals surface area contributed by atoms with E-state index in [1.807, 2.05) is 72.8 Å². The number of nitrogens with one attached hydrogen (secondary N) is 1. The summed E-state index contributed by atoms with van der Waals surface area (Å²) in [5, 5.41) is 11.6. The lowest BCUT2D eigenvalue weighted by atomic mass is 9.85. The molecule has 1 saturated heterocycles. The Morgan fingerprint density at radius 2 is 1.80 bits per heavy atom. The summed E-state index contributed by atoms with van der Waals surface area (Å²) in [6.07, 6.45) is 6.65. The van der Waals surface area contributed by atoms with Gasteiger partial charge in [-0.05, 0) is 79.3 Å². The van der Waals surface area contributed by atoms with E-state index in [-0.39, 0.29) is 30.8 Å². The Hall–Kier alpha value is -4.70. The second-order valence-corrected chi connectivity index (χ2v) is 11.2. The summed E-state index contributed by atoms with van der Waals surface area (Å²) in [5.74, 6) is 0.291. The number of anilines is 2. The van der Waals surface area contributed by atoms with Gasteiger partial charge in [-0.3, -0.25) is 9.59 Å². The monoisotopic (exact) mass is 594 g/mol. The van der Waals surface area contributed by atoms with Gasteiger partial charge in [-0.15, -0.1) is 5.10 Å². The van der Waals surface area contributed by atoms with Gasteiger partial charge in [0.2, 0.25) is 11.8 Å². The normalized spacial score (nSPS) is 17.3. The predicted octanol–water partition coefficient (Wildman–Crippen LogP) is 4.67. The fourth-order valence-corrected chi connectivity index (χ4v) is 6.03. The third kappa shape index (κ3) is 6.75. The van der Waals surface area contributed by atoms with Crippen molar-refractivity contribution in [2.75, 3.05) is 43.6 Å². The molecule has 44 heavy (non-hydrogen) atoms. The molecule has 2 amide bonds. The lowest BCUT2D eigenvalue weighted by Gasteiger charge is -2.37. The number of rotatable bonds is 10. The Bertz CT molecular complexity index is 1590. The number of allylic oxidation sites excluding steroid dienone is 2. The Morgan fingerprint density at radius 1 is 1.02 bits per heavy atom. The second kappa shape index (κ2) is 13.7. The van der Waals surface area contributed by atoms with E-state index in [0.717, 1.165) is 48.4 Å². The molecule has 4 aromatic rings. The maximum atomic E-state index is 14.2. The number of morpholine rings is 1. The van der Waals surface area contributed by atoms with E-state index < -0.39 is 6.04 Å². The number of nitrogens with zero attached hydrogens (tertiary/aromatic N) is 5. The smallest absolute Gasteiger partial charge is 0.247 e. The number of hydrogen-bond donors (Lipinski definition) is 1. The molecule has 228 valence electrons. The van der Waals surface area contributed by atoms with E-state index in [1.165, 1.54) is 0 Å². The van der Waals surface area contributed by atoms with Crippen LogP contribution in [0.3, 0.4) is 0 Å². The molecule has 0 radical (unpaired) electrons. The summed E-state index contributed by atoms with van der Waals surface area (Å²) >= 11 is 0. The zero-order chi connectivity index (χ0) is 30.3. The number of aromatic nitrogens is 3. The first kappa shape index (κ1) is 29.4. The molecule has 0 spiro atoms. The molecule has 1 fully saturated rings. The molecule has 2 heterocycles. The van der Waals surface area contributed by atoms with Crippen molar-refractivity contribution in [1.82, 2.24) is 19.9 Å². The molecule has 1 aliphatic carbocycles. The Balaban J connectivity index is 1.29. The third-order valence-corrected chi connectivity index (χ3v) is 8.41. The minimum absolute atomic E-state index is 0.0305. The highest BCUT2D eigenvalue weighted by molar-refractivity contribution is 5.97. The molecule has 1 aromatic heterocycles. The van der Waals surface area contributed by atoms with Crippen molar-refractivity contribution in [2.45, 2.75) is 38.4 Å². The molecule has 10 nitrogen and oxygen atoms in total. The van der Waals surface area contributed by atoms with E-state index in [1.54, 1.807) is 16.7 Å². The number of amides is 2. The van der Waals surface area contributed by atoms with Crippen LogP contribution >= 0.6 is 0 Å². The fourth-order valence-electron chi connectivity index (χ4n) is 6.03. The molecule has 0 bridgehead atoms. The molecule has 10 heteroatoms. The number of benzene rings is 3. The van der Waals surface area contributed by atoms with Crippen LogP contribution in [0.2, 0.25) is 0 Å². The van der Waals surface area contributed by atoms with Gasteiger partial charge in [-0.1, -0.05) is 41.6 Å². The van der Waals surface area contributed by atoms with E-state index >= 15 is 0 Å². The molecule has 1 aliphatic heterocycles. The lowest BCUT2D eigenvalue weighted by molar-refractivity contribution is -0.142. The van der Waals surface area contributed by atoms with E-state index in [9.17, 15) is 9.59 Å². The van der Waals surface area contributed by atoms with Crippen LogP contribution in [-0.2, 0) is 27.4 Å². The molecule has 0 unspecified atom stereocenters. The number of methoxy groups -OCH3 is 1. The van der Waals surface area contributed by atoms with Crippen LogP contribution in [0, 0.1) is 5.92 Å². The van der Waals surface area contributed by atoms with Gasteiger partial charge in [0.25, 0.3) is 0 Å². The molecule has 0 saturated carbocycles. The van der Waals surface area contributed by atoms with Crippen LogP contribution < -0.4 is 15.0 Å². The Labute approximate surface area is 257 Å². The van der Waals surface area contributed by atoms with Crippen molar-refractivity contribution < 1.29 is 19.1 Å². The van der Waals surface area contributed by atoms with Gasteiger partial charge >= 0.3 is 0 Å². The van der Waals surface area contributed by atoms with Crippen molar-refractivity contribution in [2.24, 2.45) is 5.92 Å². The molecule has 6 rings (SSSR count). The van der Waals surface area contributed by atoms with Gasteiger partial charge in [0.15, 0.2) is 0 Å². The number of ether oxygens (including phenoxy) is 2. The van der Waals surface area contributed by atoms with Gasteiger partial charge in [-0.25, -0.2) is 4.68 Å². The average Bonchev–Trinajstić information content (AvgIpc) is 3.48. The molecule has 2 aliphatic rings. The number of fused-ring (bicyclic) bond motifs is 1. The van der Waals surface area contributed by atoms with Crippen LogP contribution in [0.4, 0.5) is 11.4 Å². The standard InChI is InChI=1S/C34H38N6O4/c1-43-29-17-11-25(12-18-29)23-39(32(41)24-40-31-10-6-5-9-30(31)36-37-40)33(26-7-3-2-4-8-26)34(42)35-27-13-15-28(16-14-27)38-19-21-44-22-20-38/h2-3,5-6,9-18,26,33H,4,7-8,19-24H2,1H3,(H,35,42)/t26-,33-/m0/s1. The van der Waals surface area contributed by atoms with Crippen molar-refractivity contribution >= 4 is 34.2 Å². The second-order valence-electron chi connectivity index (χ2n) is 11.2. The number of carbonyl (C=O) groups excluding carboxylic acids is 2. The topological polar surface area (TPSA) is 102 Å². The quantitative estimate of drug-likeness (QED) is 0.266. The van der Waals surface area contributed by atoms with Crippen LogP contribution in [0.25, 0.3) is 11.0 Å². The first-order valence-corrected chi connectivity index (χ1v) is 15.2. The van der Waals surface area contributed by atoms with Gasteiger partial charge in [-0.2, -0.15) is 0 Å². The summed E-state index contributed by atoms with van der Waals surface area (Å²) in [7, 11) is 1.62. The van der Waals surface area contributed by atoms with Crippen molar-refractivity contribution in [3.8, 4) is 5.75 Å². The number of hydrogen-bond acceptors (Lipinski definition) is 7. The van der Waals surface area contributed by atoms with Crippen molar-refractivity contribution in [3.05, 3.63) is 90.5 Å². The minimum Gasteiger partial charge on any atom is -0.497 e. The summed E-state index contributed by atoms with van der Waals surface area (Å²) in [6.45, 7) is 3.33. The summed E-state index contributed by atoms with van der Waals surface area (Å²) in [5.41, 5.74) is 4.18. The van der Waals surface area contributed by atoms with Crippen LogP contribution in [0.1, 0.15) is 24.8 Å². The maximum Gasteiger partial charge on any atom is 0.247 e. The van der Waals surface area contributed by atoms with Gasteiger partial charge in [0.05, 0.1) is 25.8 Å². The largest absolute Gasteiger partial charge is 0.497 e. The van der Waals surface area contributed by atoms with Crippen molar-refractivity contribution in [1.29, 1.82) is 0 Å². The Morgan fingerprint density at radius 3 is 2.52 bits per heavy atom. The van der Waals surface area contributed by atoms with E-state index in [2.05, 4.69) is 32.7 Å². The summed E-state index contributed by atoms with van der Waals surface area (Å²) in [6, 6.07) is 22.4. The van der Waals surface area contributed by atoms with Crippen LogP contribution in [0.15, 0.2) is 84.9 Å². The van der Waals surface area contributed by atoms with Gasteiger partial charge < -0.3 is 24.6 Å². The fraction of sp³-hybridized carbons (Fsp3) is 0.353. The zero-order valence-electron chi connectivity index (χ0n) is 25.0. The Kier molecular flexibility index (Phi) is 9.17. The highest BCUT2D eigenvalue weighted by atomic mass is 16.5. The first-order valence-electron chi connectivity index (χ1n) is 15.2. The van der Waals surface area contributed by atoms with E-state index in [0.29, 0.717) is 30.8 Å². The first-order chi connectivity index (χ1) is 21.6. The lowest BCUT2D eigenvalue weighted by Crippen LogP contribution is -2.52. The molecular weight excluding hydrogens is 556 g/mol. The number of carbonyl (C=O) groups is 2. The maximum absolute atomic E-state index is 14.2. The molecule has 3 aromatic carbocycles. The van der Waals surface area contributed by atoms with Gasteiger partial charge in [0.1, 0.15) is 23.9 Å². The molecular formula is C34H38N6O4. The summed E-state index contributed by atoms with van der Waals surface area (Å²) in [4.78, 5) is 32.5. The minimum atomic E-state index is -0.691. The number of para-hydroxylation sites is 1. The van der Waals surface area contributed by atoms with E-state index in [4.69, 9.17) is 9.47 Å². The zero-order valence-corrected chi connectivity index (χ0v) is 25.0. The highest BCUT2D eigenvalue weighted by Crippen LogP contribution is 2.29. The summed E-state index contributed by atoms with van der Waals surface area (Å²) < 4.78 is 12.4. The van der Waals surface area contributed by atoms with Gasteiger partial charge in [0, 0.05) is 31.0 Å². The van der Waals surface area contributed by atoms with Crippen molar-refractivity contribution in [3.63, 3.8) is 0 Å². The van der Waals surface area contributed by atoms with Crippen LogP contribution in [0.5, 0.6) is 5.75 Å². The SMILES string of the molecule is COc1ccc(CN(C(=O)Cn2nnc3ccccc32)[C@H](C(=O)Nc2ccc(N3CCOCC3)cc2)[C@H]2CC=CCC2)cc1. The third-order valence-electron chi connectivity index (χ3n) is 8.41.